The van der Waals surface area contributed by atoms with Gasteiger partial charge in [0.2, 0.25) is 0 Å². The lowest BCUT2D eigenvalue weighted by Gasteiger charge is -2.12. The number of carbonyl (C=O) groups excluding carboxylic acids is 2. The molecule has 156 valence electrons. The van der Waals surface area contributed by atoms with Crippen molar-refractivity contribution in [2.24, 2.45) is 0 Å². The minimum Gasteiger partial charge on any atom is -0.493 e. The largest absolute Gasteiger partial charge is 0.493 e. The van der Waals surface area contributed by atoms with Crippen molar-refractivity contribution < 1.29 is 33.3 Å². The van der Waals surface area contributed by atoms with Gasteiger partial charge in [0.1, 0.15) is 0 Å². The maximum absolute atomic E-state index is 12.3. The fourth-order valence-electron chi connectivity index (χ4n) is 2.50. The van der Waals surface area contributed by atoms with Gasteiger partial charge in [-0.2, -0.15) is 0 Å². The molecule has 1 amide bonds. The van der Waals surface area contributed by atoms with E-state index in [1.807, 2.05) is 13.8 Å². The lowest BCUT2D eigenvalue weighted by molar-refractivity contribution is -0.119. The Hall–Kier alpha value is -3.42. The van der Waals surface area contributed by atoms with E-state index in [1.54, 1.807) is 30.3 Å². The Balaban J connectivity index is 1.98. The molecule has 1 N–H and O–H groups in total. The molecule has 0 atom stereocenters. The highest BCUT2D eigenvalue weighted by Gasteiger charge is 2.15. The van der Waals surface area contributed by atoms with E-state index in [4.69, 9.17) is 23.7 Å². The molecule has 29 heavy (non-hydrogen) atoms. The van der Waals surface area contributed by atoms with Crippen molar-refractivity contribution in [1.82, 2.24) is 0 Å². The predicted molar refractivity (Wildman–Crippen MR) is 107 cm³/mol. The fourth-order valence-corrected chi connectivity index (χ4v) is 2.50. The van der Waals surface area contributed by atoms with Gasteiger partial charge in [0, 0.05) is 11.8 Å². The van der Waals surface area contributed by atoms with Crippen molar-refractivity contribution in [3.8, 4) is 23.0 Å². The van der Waals surface area contributed by atoms with Gasteiger partial charge in [-0.3, -0.25) is 4.79 Å². The zero-order valence-electron chi connectivity index (χ0n) is 16.9. The molecule has 2 rings (SSSR count). The number of hydrogen-bond acceptors (Lipinski definition) is 7. The average Bonchev–Trinajstić information content (AvgIpc) is 2.73. The van der Waals surface area contributed by atoms with Gasteiger partial charge in [-0.15, -0.1) is 0 Å². The van der Waals surface area contributed by atoms with E-state index in [0.717, 1.165) is 0 Å². The number of hydrogen-bond donors (Lipinski definition) is 1. The van der Waals surface area contributed by atoms with Crippen LogP contribution in [0.4, 0.5) is 5.69 Å². The first-order chi connectivity index (χ1) is 14.0. The van der Waals surface area contributed by atoms with Crippen LogP contribution < -0.4 is 24.3 Å². The van der Waals surface area contributed by atoms with Crippen molar-refractivity contribution in [2.45, 2.75) is 13.8 Å². The molecule has 0 spiro atoms. The molecule has 0 heterocycles. The van der Waals surface area contributed by atoms with Crippen LogP contribution in [0.25, 0.3) is 0 Å². The number of carbonyl (C=O) groups is 2. The molecule has 0 saturated heterocycles. The Labute approximate surface area is 169 Å². The summed E-state index contributed by atoms with van der Waals surface area (Å²) in [5, 5.41) is 2.64. The van der Waals surface area contributed by atoms with Crippen molar-refractivity contribution >= 4 is 17.6 Å². The molecule has 0 aliphatic carbocycles. The number of benzene rings is 2. The summed E-state index contributed by atoms with van der Waals surface area (Å²) in [5.74, 6) is 0.867. The van der Waals surface area contributed by atoms with E-state index in [0.29, 0.717) is 41.9 Å². The average molecular weight is 403 g/mol. The number of anilines is 1. The van der Waals surface area contributed by atoms with E-state index in [9.17, 15) is 9.59 Å². The molecule has 8 heteroatoms. The number of amides is 1. The van der Waals surface area contributed by atoms with Crippen LogP contribution in [0.1, 0.15) is 24.2 Å². The van der Waals surface area contributed by atoms with Gasteiger partial charge >= 0.3 is 5.97 Å². The Bertz CT molecular complexity index is 851. The minimum absolute atomic E-state index is 0.260. The van der Waals surface area contributed by atoms with E-state index in [-0.39, 0.29) is 5.56 Å². The monoisotopic (exact) mass is 403 g/mol. The first-order valence-electron chi connectivity index (χ1n) is 9.11. The summed E-state index contributed by atoms with van der Waals surface area (Å²) in [6.07, 6.45) is 0. The third kappa shape index (κ3) is 6.03. The van der Waals surface area contributed by atoms with Crippen LogP contribution >= 0.6 is 0 Å². The highest BCUT2D eigenvalue weighted by Crippen LogP contribution is 2.30. The third-order valence-electron chi connectivity index (χ3n) is 3.78. The molecule has 0 aliphatic heterocycles. The summed E-state index contributed by atoms with van der Waals surface area (Å²) in [5.41, 5.74) is 0.749. The Kier molecular flexibility index (Phi) is 8.14. The second-order valence-corrected chi connectivity index (χ2v) is 5.72. The molecule has 0 aliphatic rings. The summed E-state index contributed by atoms with van der Waals surface area (Å²) in [6, 6.07) is 9.65. The second kappa shape index (κ2) is 10.8. The summed E-state index contributed by atoms with van der Waals surface area (Å²) in [6.45, 7) is 4.14. The highest BCUT2D eigenvalue weighted by atomic mass is 16.5. The van der Waals surface area contributed by atoms with Crippen LogP contribution in [0.5, 0.6) is 23.0 Å². The molecular weight excluding hydrogens is 378 g/mol. The van der Waals surface area contributed by atoms with Gasteiger partial charge < -0.3 is 29.0 Å². The molecule has 2 aromatic carbocycles. The topological polar surface area (TPSA) is 92.3 Å². The molecule has 0 radical (unpaired) electrons. The van der Waals surface area contributed by atoms with Crippen LogP contribution in [0.2, 0.25) is 0 Å². The van der Waals surface area contributed by atoms with Crippen LogP contribution in [0, 0.1) is 0 Å². The van der Waals surface area contributed by atoms with E-state index in [1.165, 1.54) is 20.3 Å². The summed E-state index contributed by atoms with van der Waals surface area (Å²) in [7, 11) is 3.02. The van der Waals surface area contributed by atoms with Crippen LogP contribution in [0.3, 0.4) is 0 Å². The lowest BCUT2D eigenvalue weighted by atomic mass is 10.2. The van der Waals surface area contributed by atoms with E-state index >= 15 is 0 Å². The zero-order valence-corrected chi connectivity index (χ0v) is 16.9. The van der Waals surface area contributed by atoms with Crippen LogP contribution in [-0.4, -0.2) is 45.9 Å². The highest BCUT2D eigenvalue weighted by molar-refractivity contribution is 5.96. The predicted octanol–water partition coefficient (Wildman–Crippen LogP) is 3.30. The Morgan fingerprint density at radius 1 is 0.828 bits per heavy atom. The number of methoxy groups -OCH3 is 2. The zero-order chi connectivity index (χ0) is 21.2. The third-order valence-corrected chi connectivity index (χ3v) is 3.78. The number of ether oxygens (including phenoxy) is 5. The summed E-state index contributed by atoms with van der Waals surface area (Å²) in [4.78, 5) is 24.4. The van der Waals surface area contributed by atoms with E-state index < -0.39 is 18.5 Å². The maximum atomic E-state index is 12.3. The lowest BCUT2D eigenvalue weighted by Crippen LogP contribution is -2.21. The van der Waals surface area contributed by atoms with Gasteiger partial charge in [-0.05, 0) is 44.2 Å². The summed E-state index contributed by atoms with van der Waals surface area (Å²) < 4.78 is 26.4. The van der Waals surface area contributed by atoms with Crippen LogP contribution in [0.15, 0.2) is 36.4 Å². The van der Waals surface area contributed by atoms with Crippen molar-refractivity contribution in [3.63, 3.8) is 0 Å². The molecular formula is C21H25NO7. The number of rotatable bonds is 10. The first kappa shape index (κ1) is 21.9. The van der Waals surface area contributed by atoms with E-state index in [2.05, 4.69) is 5.32 Å². The van der Waals surface area contributed by atoms with Gasteiger partial charge in [0.05, 0.1) is 33.0 Å². The first-order valence-corrected chi connectivity index (χ1v) is 9.11. The quantitative estimate of drug-likeness (QED) is 0.609. The minimum atomic E-state index is -0.642. The Morgan fingerprint density at radius 3 is 2.14 bits per heavy atom. The molecule has 0 saturated carbocycles. The number of nitrogens with one attached hydrogen (secondary N) is 1. The molecule has 0 unspecified atom stereocenters. The smallest absolute Gasteiger partial charge is 0.338 e. The molecule has 0 fully saturated rings. The molecule has 8 nitrogen and oxygen atoms in total. The molecule has 0 aromatic heterocycles. The Morgan fingerprint density at radius 2 is 1.48 bits per heavy atom. The SMILES string of the molecule is CCOc1ccc(C(=O)OCC(=O)Nc2ccc(OC)c(OC)c2)cc1OCC. The second-order valence-electron chi connectivity index (χ2n) is 5.72. The van der Waals surface area contributed by atoms with Gasteiger partial charge in [0.25, 0.3) is 5.91 Å². The standard InChI is InChI=1S/C21H25NO7/c1-5-27-17-9-7-14(11-19(17)28-6-2)21(24)29-13-20(23)22-15-8-10-16(25-3)18(12-15)26-4/h7-12H,5-6,13H2,1-4H3,(H,22,23). The molecule has 2 aromatic rings. The van der Waals surface area contributed by atoms with Gasteiger partial charge in [0.15, 0.2) is 29.6 Å². The van der Waals surface area contributed by atoms with Gasteiger partial charge in [-0.25, -0.2) is 4.79 Å². The van der Waals surface area contributed by atoms with Crippen molar-refractivity contribution in [2.75, 3.05) is 39.4 Å². The van der Waals surface area contributed by atoms with Crippen molar-refractivity contribution in [1.29, 1.82) is 0 Å². The van der Waals surface area contributed by atoms with Gasteiger partial charge in [-0.1, -0.05) is 0 Å². The van der Waals surface area contributed by atoms with Crippen LogP contribution in [-0.2, 0) is 9.53 Å². The van der Waals surface area contributed by atoms with Crippen molar-refractivity contribution in [3.05, 3.63) is 42.0 Å². The fraction of sp³-hybridized carbons (Fsp3) is 0.333. The maximum Gasteiger partial charge on any atom is 0.338 e. The normalized spacial score (nSPS) is 10.1. The number of esters is 1. The summed E-state index contributed by atoms with van der Waals surface area (Å²) >= 11 is 0. The molecule has 0 bridgehead atoms.